The van der Waals surface area contributed by atoms with Gasteiger partial charge in [0.25, 0.3) is 0 Å². The van der Waals surface area contributed by atoms with E-state index in [1.807, 2.05) is 25.1 Å². The molecule has 0 amide bonds. The molecule has 2 aromatic rings. The van der Waals surface area contributed by atoms with Gasteiger partial charge in [-0.3, -0.25) is 0 Å². The van der Waals surface area contributed by atoms with Crippen LogP contribution in [0.2, 0.25) is 5.02 Å². The van der Waals surface area contributed by atoms with Gasteiger partial charge in [0, 0.05) is 0 Å². The molecule has 3 nitrogen and oxygen atoms in total. The molecule has 98 valence electrons. The Hall–Kier alpha value is -1.49. The molecule has 0 aliphatic heterocycles. The van der Waals surface area contributed by atoms with Crippen LogP contribution < -0.4 is 10.2 Å². The van der Waals surface area contributed by atoms with E-state index in [9.17, 15) is 0 Å². The molecule has 0 aliphatic rings. The molecule has 2 N–H and O–H groups in total. The predicted octanol–water partition coefficient (Wildman–Crippen LogP) is 1.91. The molecule has 0 atom stereocenters. The lowest BCUT2D eigenvalue weighted by Gasteiger charge is -2.09. The first-order valence-electron chi connectivity index (χ1n) is 5.90. The molecule has 0 heterocycles. The first-order chi connectivity index (χ1) is 9.06. The Balaban J connectivity index is 2.02. The highest BCUT2D eigenvalue weighted by molar-refractivity contribution is 6.58. The van der Waals surface area contributed by atoms with Crippen LogP contribution in [0.25, 0.3) is 0 Å². The van der Waals surface area contributed by atoms with E-state index < -0.39 is 7.12 Å². The molecule has 0 saturated carbocycles. The van der Waals surface area contributed by atoms with Crippen LogP contribution in [0.15, 0.2) is 42.5 Å². The monoisotopic (exact) mass is 276 g/mol. The van der Waals surface area contributed by atoms with E-state index in [0.717, 1.165) is 11.1 Å². The van der Waals surface area contributed by atoms with E-state index in [-0.39, 0.29) is 0 Å². The van der Waals surface area contributed by atoms with Crippen molar-refractivity contribution >= 4 is 24.2 Å². The molecule has 0 spiro atoms. The van der Waals surface area contributed by atoms with Crippen LogP contribution >= 0.6 is 11.6 Å². The van der Waals surface area contributed by atoms with Gasteiger partial charge in [0.1, 0.15) is 12.4 Å². The number of ether oxygens (including phenoxy) is 1. The van der Waals surface area contributed by atoms with E-state index in [2.05, 4.69) is 0 Å². The minimum atomic E-state index is -1.44. The van der Waals surface area contributed by atoms with E-state index in [0.29, 0.717) is 22.8 Å². The molecule has 0 unspecified atom stereocenters. The normalized spacial score (nSPS) is 10.3. The lowest BCUT2D eigenvalue weighted by Crippen LogP contribution is -2.29. The molecule has 0 aromatic heterocycles. The molecule has 0 saturated heterocycles. The van der Waals surface area contributed by atoms with Crippen molar-refractivity contribution in [2.75, 3.05) is 0 Å². The van der Waals surface area contributed by atoms with Crippen LogP contribution in [0.1, 0.15) is 11.1 Å². The first-order valence-corrected chi connectivity index (χ1v) is 6.28. The highest BCUT2D eigenvalue weighted by Gasteiger charge is 2.10. The summed E-state index contributed by atoms with van der Waals surface area (Å²) in [5, 5.41) is 18.6. The zero-order valence-corrected chi connectivity index (χ0v) is 11.3. The number of rotatable bonds is 4. The highest BCUT2D eigenvalue weighted by atomic mass is 35.5. The van der Waals surface area contributed by atoms with Gasteiger partial charge in [-0.25, -0.2) is 0 Å². The quantitative estimate of drug-likeness (QED) is 0.839. The topological polar surface area (TPSA) is 49.7 Å². The molecule has 0 aliphatic carbocycles. The lowest BCUT2D eigenvalue weighted by molar-refractivity contribution is 0.306. The van der Waals surface area contributed by atoms with Gasteiger partial charge in [-0.15, -0.1) is 0 Å². The zero-order valence-electron chi connectivity index (χ0n) is 10.5. The second-order valence-electron chi connectivity index (χ2n) is 4.34. The molecule has 0 fully saturated rings. The minimum Gasteiger partial charge on any atom is -0.487 e. The first kappa shape index (κ1) is 13.9. The van der Waals surface area contributed by atoms with Crippen molar-refractivity contribution in [1.29, 1.82) is 0 Å². The third kappa shape index (κ3) is 3.74. The van der Waals surface area contributed by atoms with Crippen LogP contribution in [0.4, 0.5) is 0 Å². The van der Waals surface area contributed by atoms with E-state index in [4.69, 9.17) is 26.4 Å². The van der Waals surface area contributed by atoms with Crippen LogP contribution in [-0.4, -0.2) is 17.2 Å². The summed E-state index contributed by atoms with van der Waals surface area (Å²) in [6.07, 6.45) is 0. The summed E-state index contributed by atoms with van der Waals surface area (Å²) in [5.74, 6) is 0.638. The third-order valence-corrected chi connectivity index (χ3v) is 3.05. The number of aryl methyl sites for hydroxylation is 1. The van der Waals surface area contributed by atoms with Crippen LogP contribution in [0.3, 0.4) is 0 Å². The minimum absolute atomic E-state index is 0.380. The second kappa shape index (κ2) is 6.11. The molecule has 2 aromatic carbocycles. The fourth-order valence-electron chi connectivity index (χ4n) is 1.67. The molecular weight excluding hydrogens is 262 g/mol. The highest BCUT2D eigenvalue weighted by Crippen LogP contribution is 2.25. The fourth-order valence-corrected chi connectivity index (χ4v) is 1.96. The Morgan fingerprint density at radius 1 is 1.11 bits per heavy atom. The summed E-state index contributed by atoms with van der Waals surface area (Å²) in [7, 11) is -1.44. The molecule has 5 heteroatoms. The van der Waals surface area contributed by atoms with Crippen molar-refractivity contribution in [3.63, 3.8) is 0 Å². The van der Waals surface area contributed by atoms with Gasteiger partial charge < -0.3 is 14.8 Å². The van der Waals surface area contributed by atoms with Crippen molar-refractivity contribution in [3.8, 4) is 5.75 Å². The van der Waals surface area contributed by atoms with Crippen molar-refractivity contribution in [2.45, 2.75) is 13.5 Å². The maximum absolute atomic E-state index is 8.99. The summed E-state index contributed by atoms with van der Waals surface area (Å²) in [6, 6.07) is 12.5. The van der Waals surface area contributed by atoms with Gasteiger partial charge in [-0.1, -0.05) is 41.9 Å². The summed E-state index contributed by atoms with van der Waals surface area (Å²) in [6.45, 7) is 2.35. The van der Waals surface area contributed by atoms with Gasteiger partial charge >= 0.3 is 7.12 Å². The Labute approximate surface area is 117 Å². The van der Waals surface area contributed by atoms with Crippen molar-refractivity contribution in [2.24, 2.45) is 0 Å². The lowest BCUT2D eigenvalue weighted by atomic mass is 9.80. The smallest absolute Gasteiger partial charge is 0.487 e. The van der Waals surface area contributed by atoms with E-state index in [1.165, 1.54) is 0 Å². The van der Waals surface area contributed by atoms with Gasteiger partial charge in [0.2, 0.25) is 0 Å². The van der Waals surface area contributed by atoms with Crippen LogP contribution in [-0.2, 0) is 6.61 Å². The Kier molecular flexibility index (Phi) is 4.48. The Morgan fingerprint density at radius 3 is 2.37 bits per heavy atom. The van der Waals surface area contributed by atoms with Gasteiger partial charge in [-0.05, 0) is 35.6 Å². The summed E-state index contributed by atoms with van der Waals surface area (Å²) < 4.78 is 5.62. The Bertz CT molecular complexity index is 555. The summed E-state index contributed by atoms with van der Waals surface area (Å²) >= 11 is 6.07. The van der Waals surface area contributed by atoms with Crippen molar-refractivity contribution in [3.05, 3.63) is 58.6 Å². The maximum Gasteiger partial charge on any atom is 0.488 e. The standard InChI is InChI=1S/C14H14BClO3/c1-10-2-7-14(13(16)8-10)19-9-11-3-5-12(6-4-11)15(17)18/h2-8,17-18H,9H2,1H3. The average molecular weight is 277 g/mol. The van der Waals surface area contributed by atoms with E-state index >= 15 is 0 Å². The fraction of sp³-hybridized carbons (Fsp3) is 0.143. The number of benzene rings is 2. The van der Waals surface area contributed by atoms with Crippen LogP contribution in [0.5, 0.6) is 5.75 Å². The van der Waals surface area contributed by atoms with Crippen molar-refractivity contribution < 1.29 is 14.8 Å². The second-order valence-corrected chi connectivity index (χ2v) is 4.75. The Morgan fingerprint density at radius 2 is 1.79 bits per heavy atom. The molecule has 19 heavy (non-hydrogen) atoms. The summed E-state index contributed by atoms with van der Waals surface area (Å²) in [4.78, 5) is 0. The predicted molar refractivity (Wildman–Crippen MR) is 76.8 cm³/mol. The molecule has 0 bridgehead atoms. The SMILES string of the molecule is Cc1ccc(OCc2ccc(B(O)O)cc2)c(Cl)c1. The third-order valence-electron chi connectivity index (χ3n) is 2.76. The zero-order chi connectivity index (χ0) is 13.8. The number of hydrogen-bond donors (Lipinski definition) is 2. The molecular formula is C14H14BClO3. The molecule has 2 rings (SSSR count). The number of halogens is 1. The molecule has 0 radical (unpaired) electrons. The van der Waals surface area contributed by atoms with Gasteiger partial charge in [0.15, 0.2) is 0 Å². The van der Waals surface area contributed by atoms with Gasteiger partial charge in [-0.2, -0.15) is 0 Å². The number of hydrogen-bond acceptors (Lipinski definition) is 3. The van der Waals surface area contributed by atoms with E-state index in [1.54, 1.807) is 24.3 Å². The van der Waals surface area contributed by atoms with Gasteiger partial charge in [0.05, 0.1) is 5.02 Å². The summed E-state index contributed by atoms with van der Waals surface area (Å²) in [5.41, 5.74) is 2.47. The van der Waals surface area contributed by atoms with Crippen molar-refractivity contribution in [1.82, 2.24) is 0 Å². The van der Waals surface area contributed by atoms with Crippen LogP contribution in [0, 0.1) is 6.92 Å². The average Bonchev–Trinajstić information content (AvgIpc) is 2.38. The largest absolute Gasteiger partial charge is 0.488 e. The maximum atomic E-state index is 8.99.